The Labute approximate surface area is 72.4 Å². The van der Waals surface area contributed by atoms with Crippen molar-refractivity contribution in [1.82, 2.24) is 10.2 Å². The maximum atomic E-state index is 10.9. The van der Waals surface area contributed by atoms with Crippen molar-refractivity contribution in [2.45, 2.75) is 0 Å². The highest BCUT2D eigenvalue weighted by Gasteiger charge is 2.26. The van der Waals surface area contributed by atoms with Crippen LogP contribution in [0.15, 0.2) is 11.1 Å². The number of carbonyl (C=O) groups excluding carboxylic acids is 2. The topological polar surface area (TPSA) is 49.4 Å². The molecule has 1 rings (SSSR count). The molecule has 0 aromatic carbocycles. The van der Waals surface area contributed by atoms with Crippen LogP contribution in [0.4, 0.5) is 4.79 Å². The lowest BCUT2D eigenvalue weighted by molar-refractivity contribution is -0.118. The number of nitrogens with zero attached hydrogens (tertiary/aromatic N) is 1. The van der Waals surface area contributed by atoms with Crippen molar-refractivity contribution in [3.63, 3.8) is 0 Å². The molecular weight excluding hydrogens is 212 g/mol. The van der Waals surface area contributed by atoms with E-state index in [2.05, 4.69) is 27.8 Å². The molecule has 1 fully saturated rings. The van der Waals surface area contributed by atoms with E-state index in [1.54, 1.807) is 0 Å². The van der Waals surface area contributed by atoms with Crippen LogP contribution in [-0.4, -0.2) is 29.9 Å². The van der Waals surface area contributed by atoms with Crippen LogP contribution in [0.1, 0.15) is 0 Å². The minimum atomic E-state index is -0.351. The summed E-state index contributed by atoms with van der Waals surface area (Å²) in [6, 6.07) is -0.351. The van der Waals surface area contributed by atoms with E-state index in [-0.39, 0.29) is 18.5 Å². The third-order valence-corrected chi connectivity index (χ3v) is 1.48. The van der Waals surface area contributed by atoms with Crippen LogP contribution in [0, 0.1) is 0 Å². The summed E-state index contributed by atoms with van der Waals surface area (Å²) in [6.07, 6.45) is 0. The van der Waals surface area contributed by atoms with Crippen LogP contribution < -0.4 is 5.32 Å². The summed E-state index contributed by atoms with van der Waals surface area (Å²) in [7, 11) is 0. The summed E-state index contributed by atoms with van der Waals surface area (Å²) < 4.78 is 0.683. The molecule has 0 bridgehead atoms. The van der Waals surface area contributed by atoms with Crippen molar-refractivity contribution in [2.75, 3.05) is 13.1 Å². The van der Waals surface area contributed by atoms with E-state index in [0.717, 1.165) is 0 Å². The number of hydrogen-bond donors (Lipinski definition) is 1. The zero-order valence-corrected chi connectivity index (χ0v) is 7.35. The van der Waals surface area contributed by atoms with Gasteiger partial charge in [-0.05, 0) is 0 Å². The van der Waals surface area contributed by atoms with Crippen LogP contribution >= 0.6 is 15.9 Å². The highest BCUT2D eigenvalue weighted by Crippen LogP contribution is 2.06. The number of imide groups is 1. The maximum absolute atomic E-state index is 10.9. The zero-order chi connectivity index (χ0) is 8.43. The maximum Gasteiger partial charge on any atom is 0.324 e. The summed E-state index contributed by atoms with van der Waals surface area (Å²) in [5.74, 6) is -0.260. The van der Waals surface area contributed by atoms with Gasteiger partial charge in [0.25, 0.3) is 0 Å². The van der Waals surface area contributed by atoms with E-state index < -0.39 is 0 Å². The molecule has 60 valence electrons. The van der Waals surface area contributed by atoms with Crippen LogP contribution in [0.25, 0.3) is 0 Å². The van der Waals surface area contributed by atoms with Crippen molar-refractivity contribution >= 4 is 27.9 Å². The summed E-state index contributed by atoms with van der Waals surface area (Å²) >= 11 is 3.10. The fourth-order valence-corrected chi connectivity index (χ4v) is 1.12. The van der Waals surface area contributed by atoms with Crippen LogP contribution in [0.2, 0.25) is 0 Å². The Balaban J connectivity index is 2.53. The molecule has 11 heavy (non-hydrogen) atoms. The first-order chi connectivity index (χ1) is 5.09. The second kappa shape index (κ2) is 3.04. The number of carbonyl (C=O) groups is 2. The molecular formula is C6H7BrN2O2. The third-order valence-electron chi connectivity index (χ3n) is 1.23. The van der Waals surface area contributed by atoms with Crippen molar-refractivity contribution in [3.05, 3.63) is 11.1 Å². The lowest BCUT2D eigenvalue weighted by Crippen LogP contribution is -2.29. The molecule has 0 aliphatic carbocycles. The van der Waals surface area contributed by atoms with Crippen LogP contribution in [0.3, 0.4) is 0 Å². The molecule has 3 amide bonds. The Morgan fingerprint density at radius 2 is 2.36 bits per heavy atom. The van der Waals surface area contributed by atoms with E-state index in [9.17, 15) is 9.59 Å². The summed E-state index contributed by atoms with van der Waals surface area (Å²) in [4.78, 5) is 22.9. The number of halogens is 1. The van der Waals surface area contributed by atoms with Crippen molar-refractivity contribution in [2.24, 2.45) is 0 Å². The molecule has 1 heterocycles. The second-order valence-electron chi connectivity index (χ2n) is 2.23. The van der Waals surface area contributed by atoms with E-state index in [1.807, 2.05) is 0 Å². The average Bonchev–Trinajstić information content (AvgIpc) is 2.09. The van der Waals surface area contributed by atoms with E-state index in [1.165, 1.54) is 4.90 Å². The van der Waals surface area contributed by atoms with Gasteiger partial charge in [-0.3, -0.25) is 10.1 Å². The largest absolute Gasteiger partial charge is 0.324 e. The Kier molecular flexibility index (Phi) is 2.28. The molecule has 0 spiro atoms. The summed E-state index contributed by atoms with van der Waals surface area (Å²) in [6.45, 7) is 4.06. The minimum Gasteiger partial charge on any atom is -0.310 e. The number of urea groups is 1. The average molecular weight is 219 g/mol. The summed E-state index contributed by atoms with van der Waals surface area (Å²) in [5, 5.41) is 2.16. The number of rotatable bonds is 2. The van der Waals surface area contributed by atoms with Crippen molar-refractivity contribution in [1.29, 1.82) is 0 Å². The predicted molar refractivity (Wildman–Crippen MR) is 43.2 cm³/mol. The highest BCUT2D eigenvalue weighted by atomic mass is 79.9. The molecule has 1 aliphatic heterocycles. The molecule has 5 heteroatoms. The normalized spacial score (nSPS) is 17.0. The van der Waals surface area contributed by atoms with Gasteiger partial charge in [0.05, 0.1) is 6.54 Å². The molecule has 0 aromatic heterocycles. The van der Waals surface area contributed by atoms with Gasteiger partial charge in [-0.1, -0.05) is 22.5 Å². The van der Waals surface area contributed by atoms with Crippen molar-refractivity contribution in [3.8, 4) is 0 Å². The quantitative estimate of drug-likeness (QED) is 0.685. The van der Waals surface area contributed by atoms with Gasteiger partial charge in [0.2, 0.25) is 5.91 Å². The van der Waals surface area contributed by atoms with E-state index in [4.69, 9.17) is 0 Å². The van der Waals surface area contributed by atoms with Gasteiger partial charge in [-0.15, -0.1) is 0 Å². The molecule has 1 aliphatic rings. The fraction of sp³-hybridized carbons (Fsp3) is 0.333. The molecule has 4 nitrogen and oxygen atoms in total. The number of amides is 3. The predicted octanol–water partition coefficient (Wildman–Crippen LogP) is 0.447. The van der Waals surface area contributed by atoms with Gasteiger partial charge in [0, 0.05) is 4.48 Å². The Bertz CT molecular complexity index is 227. The highest BCUT2D eigenvalue weighted by molar-refractivity contribution is 9.11. The minimum absolute atomic E-state index is 0.128. The van der Waals surface area contributed by atoms with Crippen LogP contribution in [-0.2, 0) is 4.79 Å². The lowest BCUT2D eigenvalue weighted by Gasteiger charge is -2.10. The third kappa shape index (κ3) is 2.04. The second-order valence-corrected chi connectivity index (χ2v) is 3.35. The number of nitrogens with one attached hydrogen (secondary N) is 1. The van der Waals surface area contributed by atoms with E-state index in [0.29, 0.717) is 11.0 Å². The smallest absolute Gasteiger partial charge is 0.310 e. The summed E-state index contributed by atoms with van der Waals surface area (Å²) in [5.41, 5.74) is 0. The van der Waals surface area contributed by atoms with Gasteiger partial charge in [0.1, 0.15) is 6.54 Å². The Morgan fingerprint density at radius 3 is 2.73 bits per heavy atom. The Morgan fingerprint density at radius 1 is 1.73 bits per heavy atom. The molecule has 0 saturated carbocycles. The Hall–Kier alpha value is -0.840. The lowest BCUT2D eigenvalue weighted by atomic mass is 10.5. The number of hydrogen-bond acceptors (Lipinski definition) is 2. The van der Waals surface area contributed by atoms with Gasteiger partial charge in [0.15, 0.2) is 0 Å². The first-order valence-corrected chi connectivity index (χ1v) is 3.81. The molecule has 0 unspecified atom stereocenters. The molecule has 1 saturated heterocycles. The molecule has 0 atom stereocenters. The van der Waals surface area contributed by atoms with Crippen LogP contribution in [0.5, 0.6) is 0 Å². The van der Waals surface area contributed by atoms with Gasteiger partial charge in [-0.25, -0.2) is 4.79 Å². The SMILES string of the molecule is C=C(Br)CN1CC(=O)NC1=O. The zero-order valence-electron chi connectivity index (χ0n) is 5.76. The molecule has 0 aromatic rings. The van der Waals surface area contributed by atoms with E-state index >= 15 is 0 Å². The standard InChI is InChI=1S/C6H7BrN2O2/c1-4(7)2-9-3-5(10)8-6(9)11/h1-3H2,(H,8,10,11). The van der Waals surface area contributed by atoms with Crippen molar-refractivity contribution < 1.29 is 9.59 Å². The fourth-order valence-electron chi connectivity index (χ4n) is 0.818. The first-order valence-electron chi connectivity index (χ1n) is 3.01. The van der Waals surface area contributed by atoms with Gasteiger partial charge in [-0.2, -0.15) is 0 Å². The monoisotopic (exact) mass is 218 g/mol. The molecule has 1 N–H and O–H groups in total. The van der Waals surface area contributed by atoms with Gasteiger partial charge >= 0.3 is 6.03 Å². The molecule has 0 radical (unpaired) electrons. The first kappa shape index (κ1) is 8.26. The van der Waals surface area contributed by atoms with Gasteiger partial charge < -0.3 is 4.90 Å².